The first-order chi connectivity index (χ1) is 11.3. The van der Waals surface area contributed by atoms with E-state index in [4.69, 9.17) is 0 Å². The van der Waals surface area contributed by atoms with E-state index in [1.54, 1.807) is 20.2 Å². The second kappa shape index (κ2) is 12.1. The lowest BCUT2D eigenvalue weighted by molar-refractivity contribution is -0.135. The van der Waals surface area contributed by atoms with Gasteiger partial charge in [0.15, 0.2) is 5.96 Å². The average molecular weight is 465 g/mol. The Morgan fingerprint density at radius 2 is 1.92 bits per heavy atom. The van der Waals surface area contributed by atoms with Crippen LogP contribution in [-0.4, -0.2) is 73.9 Å². The van der Waals surface area contributed by atoms with Crippen molar-refractivity contribution in [3.63, 3.8) is 0 Å². The zero-order valence-corrected chi connectivity index (χ0v) is 18.1. The molecule has 8 heteroatoms. The molecule has 0 radical (unpaired) electrons. The van der Waals surface area contributed by atoms with Gasteiger partial charge in [-0.15, -0.1) is 30.6 Å². The van der Waals surface area contributed by atoms with Gasteiger partial charge in [0, 0.05) is 45.7 Å². The lowest BCUT2D eigenvalue weighted by Crippen LogP contribution is -2.50. The molecule has 2 N–H and O–H groups in total. The Hall–Kier alpha value is -1.32. The number of likely N-dealkylation sites (tertiary alicyclic amines) is 1. The molecule has 0 atom stereocenters. The Morgan fingerprint density at radius 1 is 1.32 bits per heavy atom. The number of aliphatic imine (C=N–C) groups is 1. The van der Waals surface area contributed by atoms with Crippen LogP contribution in [0, 0.1) is 5.92 Å². The number of hydrogen-bond donors (Lipinski definition) is 2. The maximum absolute atomic E-state index is 12.0. The zero-order chi connectivity index (χ0) is 18.1. The molecule has 0 aromatic heterocycles. The van der Waals surface area contributed by atoms with Crippen LogP contribution < -0.4 is 10.6 Å². The first kappa shape index (κ1) is 23.7. The van der Waals surface area contributed by atoms with Crippen molar-refractivity contribution in [2.24, 2.45) is 10.9 Å². The van der Waals surface area contributed by atoms with Crippen molar-refractivity contribution in [2.45, 2.75) is 32.7 Å². The molecule has 0 bridgehead atoms. The van der Waals surface area contributed by atoms with Crippen LogP contribution in [0.2, 0.25) is 0 Å². The number of piperidine rings is 1. The highest BCUT2D eigenvalue weighted by Gasteiger charge is 2.24. The number of carbonyl (C=O) groups is 2. The Balaban J connectivity index is 0.00000576. The van der Waals surface area contributed by atoms with Gasteiger partial charge in [-0.1, -0.05) is 19.9 Å². The van der Waals surface area contributed by atoms with Crippen LogP contribution in [0.4, 0.5) is 0 Å². The minimum absolute atomic E-state index is 0. The molecule has 2 amide bonds. The number of nitrogens with one attached hydrogen (secondary N) is 2. The van der Waals surface area contributed by atoms with Crippen molar-refractivity contribution in [3.05, 3.63) is 12.7 Å². The van der Waals surface area contributed by atoms with E-state index in [1.807, 2.05) is 18.7 Å². The van der Waals surface area contributed by atoms with Gasteiger partial charge in [-0.3, -0.25) is 9.59 Å². The van der Waals surface area contributed by atoms with Crippen LogP contribution in [0.5, 0.6) is 0 Å². The molecule has 0 aromatic rings. The second-order valence-corrected chi connectivity index (χ2v) is 6.52. The molecule has 0 aliphatic carbocycles. The molecule has 1 aliphatic heterocycles. The summed E-state index contributed by atoms with van der Waals surface area (Å²) in [5.74, 6) is 0.812. The number of hydrogen-bond acceptors (Lipinski definition) is 3. The Kier molecular flexibility index (Phi) is 11.5. The van der Waals surface area contributed by atoms with Gasteiger partial charge >= 0.3 is 0 Å². The first-order valence-corrected chi connectivity index (χ1v) is 8.49. The first-order valence-electron chi connectivity index (χ1n) is 8.49. The molecular weight excluding hydrogens is 433 g/mol. The average Bonchev–Trinajstić information content (AvgIpc) is 2.56. The Morgan fingerprint density at radius 3 is 2.40 bits per heavy atom. The predicted octanol–water partition coefficient (Wildman–Crippen LogP) is 1.06. The summed E-state index contributed by atoms with van der Waals surface area (Å²) < 4.78 is 0. The molecule has 0 spiro atoms. The fraction of sp³-hybridized carbons (Fsp3) is 0.706. The number of rotatable bonds is 6. The third kappa shape index (κ3) is 8.55. The predicted molar refractivity (Wildman–Crippen MR) is 112 cm³/mol. The van der Waals surface area contributed by atoms with Crippen LogP contribution in [0.25, 0.3) is 0 Å². The van der Waals surface area contributed by atoms with Crippen molar-refractivity contribution < 1.29 is 9.59 Å². The van der Waals surface area contributed by atoms with Gasteiger partial charge in [0.1, 0.15) is 6.54 Å². The van der Waals surface area contributed by atoms with Crippen LogP contribution >= 0.6 is 24.0 Å². The summed E-state index contributed by atoms with van der Waals surface area (Å²) in [5, 5.41) is 6.49. The molecule has 1 rings (SSSR count). The monoisotopic (exact) mass is 465 g/mol. The van der Waals surface area contributed by atoms with Gasteiger partial charge in [0.05, 0.1) is 0 Å². The van der Waals surface area contributed by atoms with E-state index in [1.165, 1.54) is 4.90 Å². The van der Waals surface area contributed by atoms with Crippen molar-refractivity contribution in [2.75, 3.05) is 40.3 Å². The van der Waals surface area contributed by atoms with E-state index in [-0.39, 0.29) is 54.3 Å². The molecule has 25 heavy (non-hydrogen) atoms. The quantitative estimate of drug-likeness (QED) is 0.266. The SMILES string of the molecule is C=CCNC(=NCC(=O)N(C)C)NC1CCN(C(=O)C(C)C)CC1.I. The molecule has 0 aromatic carbocycles. The Labute approximate surface area is 168 Å². The molecule has 1 aliphatic rings. The van der Waals surface area contributed by atoms with Crippen molar-refractivity contribution in [1.82, 2.24) is 20.4 Å². The van der Waals surface area contributed by atoms with Gasteiger partial charge in [-0.2, -0.15) is 0 Å². The van der Waals surface area contributed by atoms with Crippen LogP contribution in [-0.2, 0) is 9.59 Å². The highest BCUT2D eigenvalue weighted by molar-refractivity contribution is 14.0. The third-order valence-corrected chi connectivity index (χ3v) is 3.93. The maximum atomic E-state index is 12.0. The summed E-state index contributed by atoms with van der Waals surface area (Å²) in [7, 11) is 3.42. The molecule has 0 unspecified atom stereocenters. The number of amides is 2. The fourth-order valence-corrected chi connectivity index (χ4v) is 2.41. The van der Waals surface area contributed by atoms with Gasteiger partial charge in [0.25, 0.3) is 0 Å². The van der Waals surface area contributed by atoms with E-state index < -0.39 is 0 Å². The number of guanidine groups is 1. The molecular formula is C17H32IN5O2. The van der Waals surface area contributed by atoms with E-state index >= 15 is 0 Å². The molecule has 1 fully saturated rings. The summed E-state index contributed by atoms with van der Waals surface area (Å²) >= 11 is 0. The molecule has 1 heterocycles. The van der Waals surface area contributed by atoms with Gasteiger partial charge in [0.2, 0.25) is 11.8 Å². The van der Waals surface area contributed by atoms with Gasteiger partial charge < -0.3 is 20.4 Å². The molecule has 144 valence electrons. The summed E-state index contributed by atoms with van der Waals surface area (Å²) in [6.45, 7) is 9.72. The fourth-order valence-electron chi connectivity index (χ4n) is 2.41. The van der Waals surface area contributed by atoms with E-state index in [9.17, 15) is 9.59 Å². The molecule has 1 saturated heterocycles. The van der Waals surface area contributed by atoms with Crippen LogP contribution in [0.3, 0.4) is 0 Å². The van der Waals surface area contributed by atoms with Gasteiger partial charge in [-0.05, 0) is 12.8 Å². The van der Waals surface area contributed by atoms with E-state index in [0.717, 1.165) is 25.9 Å². The number of carbonyl (C=O) groups excluding carboxylic acids is 2. The minimum Gasteiger partial charge on any atom is -0.354 e. The summed E-state index contributed by atoms with van der Waals surface area (Å²) in [5.41, 5.74) is 0. The largest absolute Gasteiger partial charge is 0.354 e. The third-order valence-electron chi connectivity index (χ3n) is 3.93. The lowest BCUT2D eigenvalue weighted by Gasteiger charge is -2.34. The lowest BCUT2D eigenvalue weighted by atomic mass is 10.0. The smallest absolute Gasteiger partial charge is 0.243 e. The number of nitrogens with zero attached hydrogens (tertiary/aromatic N) is 3. The normalized spacial score (nSPS) is 15.4. The summed E-state index contributed by atoms with van der Waals surface area (Å²) in [6.07, 6.45) is 3.48. The molecule has 0 saturated carbocycles. The highest BCUT2D eigenvalue weighted by atomic mass is 127. The van der Waals surface area contributed by atoms with E-state index in [2.05, 4.69) is 22.2 Å². The summed E-state index contributed by atoms with van der Waals surface area (Å²) in [6, 6.07) is 0.242. The topological polar surface area (TPSA) is 77.0 Å². The number of halogens is 1. The van der Waals surface area contributed by atoms with Gasteiger partial charge in [-0.25, -0.2) is 4.99 Å². The van der Waals surface area contributed by atoms with Crippen molar-refractivity contribution in [1.29, 1.82) is 0 Å². The van der Waals surface area contributed by atoms with Crippen LogP contribution in [0.1, 0.15) is 26.7 Å². The van der Waals surface area contributed by atoms with Crippen LogP contribution in [0.15, 0.2) is 17.6 Å². The minimum atomic E-state index is -0.0490. The number of likely N-dealkylation sites (N-methyl/N-ethyl adjacent to an activating group) is 1. The van der Waals surface area contributed by atoms with Crippen molar-refractivity contribution in [3.8, 4) is 0 Å². The highest BCUT2D eigenvalue weighted by Crippen LogP contribution is 2.13. The standard InChI is InChI=1S/C17H31N5O2.HI/c1-6-9-18-17(19-12-15(23)21(4)5)20-14-7-10-22(11-8-14)16(24)13(2)3;/h6,13-14H,1,7-12H2,2-5H3,(H2,18,19,20);1H. The molecule has 7 nitrogen and oxygen atoms in total. The maximum Gasteiger partial charge on any atom is 0.243 e. The van der Waals surface area contributed by atoms with Crippen molar-refractivity contribution >= 4 is 41.8 Å². The second-order valence-electron chi connectivity index (χ2n) is 6.52. The van der Waals surface area contributed by atoms with E-state index in [0.29, 0.717) is 12.5 Å². The Bertz CT molecular complexity index is 472. The zero-order valence-electron chi connectivity index (χ0n) is 15.7. The summed E-state index contributed by atoms with van der Waals surface area (Å²) in [4.78, 5) is 31.5.